The molecule has 0 aliphatic rings. The molecule has 110 valence electrons. The number of fused-ring (bicyclic) bond motifs is 1. The van der Waals surface area contributed by atoms with Crippen LogP contribution in [-0.4, -0.2) is 37.8 Å². The van der Waals surface area contributed by atoms with E-state index < -0.39 is 0 Å². The number of hydrogen-bond acceptors (Lipinski definition) is 5. The zero-order chi connectivity index (χ0) is 14.8. The first kappa shape index (κ1) is 15.0. The van der Waals surface area contributed by atoms with E-state index in [1.54, 1.807) is 4.52 Å². The molecule has 2 N–H and O–H groups in total. The number of halogens is 1. The van der Waals surface area contributed by atoms with Gasteiger partial charge in [0.05, 0.1) is 6.61 Å². The van der Waals surface area contributed by atoms with E-state index in [9.17, 15) is 5.11 Å². The molecule has 0 amide bonds. The molecular formula is C13H20ClN5O. The number of anilines is 1. The first-order valence-corrected chi connectivity index (χ1v) is 7.15. The topological polar surface area (TPSA) is 75.3 Å². The number of hydrogen-bond donors (Lipinski definition) is 2. The highest BCUT2D eigenvalue weighted by molar-refractivity contribution is 6.30. The third-order valence-corrected chi connectivity index (χ3v) is 4.44. The molecule has 6 nitrogen and oxygen atoms in total. The molecule has 0 atom stereocenters. The Labute approximate surface area is 123 Å². The first-order valence-electron chi connectivity index (χ1n) is 6.77. The summed E-state index contributed by atoms with van der Waals surface area (Å²) in [6.45, 7) is 6.84. The van der Waals surface area contributed by atoms with E-state index in [4.69, 9.17) is 11.6 Å². The normalized spacial score (nSPS) is 12.1. The van der Waals surface area contributed by atoms with Crippen molar-refractivity contribution in [1.82, 2.24) is 19.6 Å². The quantitative estimate of drug-likeness (QED) is 0.800. The van der Waals surface area contributed by atoms with Gasteiger partial charge in [-0.05, 0) is 19.8 Å². The van der Waals surface area contributed by atoms with Crippen LogP contribution < -0.4 is 5.32 Å². The number of nitrogens with one attached hydrogen (secondary N) is 1. The van der Waals surface area contributed by atoms with Gasteiger partial charge >= 0.3 is 0 Å². The molecule has 20 heavy (non-hydrogen) atoms. The highest BCUT2D eigenvalue weighted by atomic mass is 35.5. The summed E-state index contributed by atoms with van der Waals surface area (Å²) in [4.78, 5) is 8.22. The molecular weight excluding hydrogens is 278 g/mol. The molecule has 0 saturated heterocycles. The predicted octanol–water partition coefficient (Wildman–Crippen LogP) is 2.30. The van der Waals surface area contributed by atoms with Gasteiger partial charge in [0.15, 0.2) is 0 Å². The van der Waals surface area contributed by atoms with Crippen molar-refractivity contribution in [3.8, 4) is 0 Å². The van der Waals surface area contributed by atoms with Gasteiger partial charge in [0.2, 0.25) is 0 Å². The average Bonchev–Trinajstić information content (AvgIpc) is 2.92. The number of nitrogens with zero attached hydrogens (tertiary/aromatic N) is 4. The Bertz CT molecular complexity index is 585. The zero-order valence-corrected chi connectivity index (χ0v) is 12.8. The highest BCUT2D eigenvalue weighted by Crippen LogP contribution is 2.28. The van der Waals surface area contributed by atoms with Crippen molar-refractivity contribution in [2.45, 2.75) is 33.6 Å². The lowest BCUT2D eigenvalue weighted by Crippen LogP contribution is -2.33. The van der Waals surface area contributed by atoms with Crippen LogP contribution in [0.15, 0.2) is 6.33 Å². The molecule has 2 aromatic rings. The molecule has 0 fully saturated rings. The second-order valence-electron chi connectivity index (χ2n) is 5.07. The number of rotatable bonds is 6. The lowest BCUT2D eigenvalue weighted by atomic mass is 9.83. The van der Waals surface area contributed by atoms with Crippen molar-refractivity contribution in [1.29, 1.82) is 0 Å². The van der Waals surface area contributed by atoms with Gasteiger partial charge in [0.25, 0.3) is 5.78 Å². The van der Waals surface area contributed by atoms with Crippen LogP contribution in [0.25, 0.3) is 5.78 Å². The summed E-state index contributed by atoms with van der Waals surface area (Å²) < 4.78 is 1.63. The van der Waals surface area contributed by atoms with E-state index in [-0.39, 0.29) is 12.0 Å². The molecule has 0 aliphatic heterocycles. The van der Waals surface area contributed by atoms with Gasteiger partial charge in [-0.2, -0.15) is 19.6 Å². The van der Waals surface area contributed by atoms with E-state index in [2.05, 4.69) is 34.2 Å². The van der Waals surface area contributed by atoms with Crippen LogP contribution in [0.5, 0.6) is 0 Å². The number of aromatic nitrogens is 4. The molecule has 0 aromatic carbocycles. The summed E-state index contributed by atoms with van der Waals surface area (Å²) in [5.41, 5.74) is 0.679. The Balaban J connectivity index is 2.34. The summed E-state index contributed by atoms with van der Waals surface area (Å²) in [6.07, 6.45) is 3.24. The van der Waals surface area contributed by atoms with Crippen LogP contribution in [0.2, 0.25) is 5.15 Å². The highest BCUT2D eigenvalue weighted by Gasteiger charge is 2.26. The van der Waals surface area contributed by atoms with E-state index in [1.807, 2.05) is 6.92 Å². The van der Waals surface area contributed by atoms with Crippen LogP contribution in [0.3, 0.4) is 0 Å². The number of aliphatic hydroxyl groups excluding tert-OH is 1. The lowest BCUT2D eigenvalue weighted by Gasteiger charge is -2.30. The standard InChI is InChI=1S/C13H20ClN5O/c1-4-13(5-2,7-20)6-15-11-9(3)10(14)18-12-16-8-17-19(11)12/h8,15,20H,4-7H2,1-3H3. The average molecular weight is 298 g/mol. The van der Waals surface area contributed by atoms with Gasteiger partial charge in [0, 0.05) is 17.5 Å². The van der Waals surface area contributed by atoms with Gasteiger partial charge in [-0.15, -0.1) is 0 Å². The fraction of sp³-hybridized carbons (Fsp3) is 0.615. The summed E-state index contributed by atoms with van der Waals surface area (Å²) in [6, 6.07) is 0. The molecule has 0 spiro atoms. The molecule has 2 aromatic heterocycles. The van der Waals surface area contributed by atoms with Gasteiger partial charge < -0.3 is 10.4 Å². The van der Waals surface area contributed by atoms with Crippen molar-refractivity contribution >= 4 is 23.2 Å². The largest absolute Gasteiger partial charge is 0.396 e. The van der Waals surface area contributed by atoms with Crippen LogP contribution in [-0.2, 0) is 0 Å². The van der Waals surface area contributed by atoms with Crippen LogP contribution in [0.1, 0.15) is 32.3 Å². The van der Waals surface area contributed by atoms with Crippen molar-refractivity contribution in [2.24, 2.45) is 5.41 Å². The summed E-state index contributed by atoms with van der Waals surface area (Å²) in [5.74, 6) is 1.24. The predicted molar refractivity (Wildman–Crippen MR) is 79.1 cm³/mol. The van der Waals surface area contributed by atoms with Crippen molar-refractivity contribution in [3.63, 3.8) is 0 Å². The minimum absolute atomic E-state index is 0.144. The zero-order valence-electron chi connectivity index (χ0n) is 12.0. The third kappa shape index (κ3) is 2.58. The Hall–Kier alpha value is -1.40. The smallest absolute Gasteiger partial charge is 0.255 e. The minimum atomic E-state index is -0.144. The molecule has 2 heterocycles. The van der Waals surface area contributed by atoms with Gasteiger partial charge in [0.1, 0.15) is 17.3 Å². The molecule has 2 rings (SSSR count). The SMILES string of the molecule is CCC(CC)(CO)CNc1c(C)c(Cl)nc2ncnn12. The van der Waals surface area contributed by atoms with Crippen molar-refractivity contribution in [2.75, 3.05) is 18.5 Å². The fourth-order valence-corrected chi connectivity index (χ4v) is 2.32. The second-order valence-corrected chi connectivity index (χ2v) is 5.42. The van der Waals surface area contributed by atoms with E-state index in [0.29, 0.717) is 17.5 Å². The molecule has 0 bridgehead atoms. The lowest BCUT2D eigenvalue weighted by molar-refractivity contribution is 0.127. The third-order valence-electron chi connectivity index (χ3n) is 4.07. The minimum Gasteiger partial charge on any atom is -0.396 e. The van der Waals surface area contributed by atoms with E-state index in [1.165, 1.54) is 6.33 Å². The van der Waals surface area contributed by atoms with Gasteiger partial charge in [-0.1, -0.05) is 25.4 Å². The van der Waals surface area contributed by atoms with Crippen molar-refractivity contribution < 1.29 is 5.11 Å². The number of aliphatic hydroxyl groups is 1. The monoisotopic (exact) mass is 297 g/mol. The maximum Gasteiger partial charge on any atom is 0.255 e. The summed E-state index contributed by atoms with van der Waals surface area (Å²) >= 11 is 6.12. The molecule has 0 saturated carbocycles. The van der Waals surface area contributed by atoms with Crippen LogP contribution in [0, 0.1) is 12.3 Å². The van der Waals surface area contributed by atoms with E-state index in [0.717, 1.165) is 24.2 Å². The molecule has 0 radical (unpaired) electrons. The second kappa shape index (κ2) is 5.93. The summed E-state index contributed by atoms with van der Waals surface area (Å²) in [5, 5.41) is 17.6. The van der Waals surface area contributed by atoms with Gasteiger partial charge in [-0.3, -0.25) is 0 Å². The Morgan fingerprint density at radius 2 is 2.10 bits per heavy atom. The Morgan fingerprint density at radius 3 is 2.70 bits per heavy atom. The van der Waals surface area contributed by atoms with Gasteiger partial charge in [-0.25, -0.2) is 0 Å². The summed E-state index contributed by atoms with van der Waals surface area (Å²) in [7, 11) is 0. The van der Waals surface area contributed by atoms with Crippen LogP contribution >= 0.6 is 11.6 Å². The Morgan fingerprint density at radius 1 is 1.40 bits per heavy atom. The van der Waals surface area contributed by atoms with Crippen molar-refractivity contribution in [3.05, 3.63) is 17.0 Å². The fourth-order valence-electron chi connectivity index (χ4n) is 2.16. The molecule has 7 heteroatoms. The molecule has 0 unspecified atom stereocenters. The van der Waals surface area contributed by atoms with Crippen LogP contribution in [0.4, 0.5) is 5.82 Å². The Kier molecular flexibility index (Phi) is 4.45. The maximum atomic E-state index is 9.64. The molecule has 0 aliphatic carbocycles. The van der Waals surface area contributed by atoms with E-state index >= 15 is 0 Å². The first-order chi connectivity index (χ1) is 9.56. The maximum absolute atomic E-state index is 9.64.